The van der Waals surface area contributed by atoms with Gasteiger partial charge in [0, 0.05) is 19.3 Å². The minimum atomic E-state index is -0.807. The highest BCUT2D eigenvalue weighted by Crippen LogP contribution is 2.17. The molecule has 0 saturated heterocycles. The molecule has 0 aromatic rings. The molecule has 0 heterocycles. The summed E-state index contributed by atoms with van der Waals surface area (Å²) < 4.78 is 16.8. The van der Waals surface area contributed by atoms with E-state index in [1.54, 1.807) is 0 Å². The summed E-state index contributed by atoms with van der Waals surface area (Å²) in [5.41, 5.74) is 0. The van der Waals surface area contributed by atoms with Gasteiger partial charge in [0.25, 0.3) is 0 Å². The molecule has 6 nitrogen and oxygen atoms in total. The minimum Gasteiger partial charge on any atom is -0.462 e. The number of esters is 3. The van der Waals surface area contributed by atoms with Gasteiger partial charge in [-0.15, -0.1) is 0 Å². The molecule has 0 spiro atoms. The summed E-state index contributed by atoms with van der Waals surface area (Å²) in [7, 11) is 0. The van der Waals surface area contributed by atoms with Gasteiger partial charge in [0.2, 0.25) is 0 Å². The fourth-order valence-electron chi connectivity index (χ4n) is 8.83. The second kappa shape index (κ2) is 60.4. The maximum atomic E-state index is 12.8. The molecule has 0 aliphatic carbocycles. The Bertz CT molecular complexity index is 1340. The number of rotatable bonds is 56. The predicted octanol–water partition coefficient (Wildman–Crippen LogP) is 20.9. The molecule has 0 saturated carbocycles. The maximum Gasteiger partial charge on any atom is 0.306 e. The second-order valence-corrected chi connectivity index (χ2v) is 20.6. The molecule has 0 aromatic carbocycles. The summed E-state index contributed by atoms with van der Waals surface area (Å²) in [6.07, 6.45) is 77.8. The smallest absolute Gasteiger partial charge is 0.306 e. The molecule has 0 aliphatic rings. The van der Waals surface area contributed by atoms with E-state index >= 15 is 0 Å². The summed E-state index contributed by atoms with van der Waals surface area (Å²) in [6.45, 7) is 6.49. The SMILES string of the molecule is CC/C=C\C/C=C\C/C=C\C/C=C\C/C=C\CCCC(=O)OC(COC(=O)CCCCCCC/C=C\CCCCCC)COC(=O)CCCCCCCCCCCCCCCCCCCCCCCCCC. The quantitative estimate of drug-likeness (QED) is 0.0261. The average Bonchev–Trinajstić information content (AvgIpc) is 3.38. The van der Waals surface area contributed by atoms with Crippen molar-refractivity contribution in [3.63, 3.8) is 0 Å². The highest BCUT2D eigenvalue weighted by Gasteiger charge is 2.19. The molecule has 0 aliphatic heterocycles. The lowest BCUT2D eigenvalue weighted by Gasteiger charge is -2.18. The molecule has 0 radical (unpaired) electrons. The lowest BCUT2D eigenvalue weighted by Crippen LogP contribution is -2.30. The van der Waals surface area contributed by atoms with Gasteiger partial charge >= 0.3 is 17.9 Å². The van der Waals surface area contributed by atoms with Crippen LogP contribution in [0.5, 0.6) is 0 Å². The Labute approximate surface area is 446 Å². The highest BCUT2D eigenvalue weighted by atomic mass is 16.6. The predicted molar refractivity (Wildman–Crippen MR) is 311 cm³/mol. The standard InChI is InChI=1S/C66H116O6/c1-4-7-10-13-16-19-22-25-27-29-30-31-32-33-34-35-37-38-41-44-47-50-53-56-59-65(68)71-62-63(61-70-64(67)58-55-52-49-46-43-40-24-21-18-15-12-9-6-3)72-66(69)60-57-54-51-48-45-42-39-36-28-26-23-20-17-14-11-8-5-2/h8,11,17,20-21,24,26,28,39,42,48,51,63H,4-7,9-10,12-16,18-19,22-23,25,27,29-38,40-41,43-47,49-50,52-62H2,1-3H3/b11-8-,20-17-,24-21-,28-26-,42-39-,51-48-. The Morgan fingerprint density at radius 2 is 0.556 bits per heavy atom. The van der Waals surface area contributed by atoms with Gasteiger partial charge in [-0.1, -0.05) is 280 Å². The Kier molecular flexibility index (Phi) is 57.8. The van der Waals surface area contributed by atoms with Crippen LogP contribution in [-0.2, 0) is 28.6 Å². The first-order chi connectivity index (χ1) is 35.5. The van der Waals surface area contributed by atoms with E-state index in [-0.39, 0.29) is 37.5 Å². The Morgan fingerprint density at radius 3 is 0.917 bits per heavy atom. The van der Waals surface area contributed by atoms with Crippen molar-refractivity contribution in [1.29, 1.82) is 0 Å². The van der Waals surface area contributed by atoms with E-state index in [1.165, 1.54) is 180 Å². The number of ether oxygens (including phenoxy) is 3. The van der Waals surface area contributed by atoms with Crippen LogP contribution in [-0.4, -0.2) is 37.2 Å². The minimum absolute atomic E-state index is 0.0980. The van der Waals surface area contributed by atoms with E-state index in [4.69, 9.17) is 14.2 Å². The first-order valence-corrected chi connectivity index (χ1v) is 30.9. The Hall–Kier alpha value is -3.15. The lowest BCUT2D eigenvalue weighted by molar-refractivity contribution is -0.167. The molecular formula is C66H116O6. The van der Waals surface area contributed by atoms with Crippen molar-refractivity contribution < 1.29 is 28.6 Å². The number of unbranched alkanes of at least 4 members (excludes halogenated alkanes) is 33. The molecule has 0 bridgehead atoms. The maximum absolute atomic E-state index is 12.8. The van der Waals surface area contributed by atoms with E-state index in [2.05, 4.69) is 93.7 Å². The fourth-order valence-corrected chi connectivity index (χ4v) is 8.83. The van der Waals surface area contributed by atoms with E-state index < -0.39 is 6.10 Å². The molecule has 0 fully saturated rings. The van der Waals surface area contributed by atoms with Crippen molar-refractivity contribution in [2.75, 3.05) is 13.2 Å². The molecule has 1 unspecified atom stereocenters. The zero-order valence-electron chi connectivity index (χ0n) is 47.7. The number of hydrogen-bond donors (Lipinski definition) is 0. The van der Waals surface area contributed by atoms with Crippen molar-refractivity contribution in [3.05, 3.63) is 72.9 Å². The van der Waals surface area contributed by atoms with Crippen LogP contribution in [0, 0.1) is 0 Å². The molecule has 0 amide bonds. The first kappa shape index (κ1) is 68.8. The van der Waals surface area contributed by atoms with Gasteiger partial charge in [0.05, 0.1) is 0 Å². The van der Waals surface area contributed by atoms with Crippen molar-refractivity contribution in [2.45, 2.75) is 316 Å². The van der Waals surface area contributed by atoms with Gasteiger partial charge in [0.1, 0.15) is 13.2 Å². The molecule has 0 aromatic heterocycles. The summed E-state index contributed by atoms with van der Waals surface area (Å²) in [6, 6.07) is 0. The van der Waals surface area contributed by atoms with Gasteiger partial charge in [0.15, 0.2) is 6.10 Å². The molecule has 0 N–H and O–H groups in total. The number of allylic oxidation sites excluding steroid dienone is 12. The third kappa shape index (κ3) is 57.7. The monoisotopic (exact) mass is 1000 g/mol. The van der Waals surface area contributed by atoms with Crippen molar-refractivity contribution in [3.8, 4) is 0 Å². The van der Waals surface area contributed by atoms with Crippen LogP contribution in [0.4, 0.5) is 0 Å². The topological polar surface area (TPSA) is 78.9 Å². The van der Waals surface area contributed by atoms with Gasteiger partial charge < -0.3 is 14.2 Å². The number of hydrogen-bond acceptors (Lipinski definition) is 6. The summed E-state index contributed by atoms with van der Waals surface area (Å²) >= 11 is 0. The van der Waals surface area contributed by atoms with Crippen molar-refractivity contribution in [1.82, 2.24) is 0 Å². The van der Waals surface area contributed by atoms with Gasteiger partial charge in [-0.3, -0.25) is 14.4 Å². The zero-order chi connectivity index (χ0) is 52.2. The second-order valence-electron chi connectivity index (χ2n) is 20.6. The molecule has 72 heavy (non-hydrogen) atoms. The molecule has 6 heteroatoms. The Morgan fingerprint density at radius 1 is 0.292 bits per heavy atom. The van der Waals surface area contributed by atoms with Gasteiger partial charge in [-0.25, -0.2) is 0 Å². The van der Waals surface area contributed by atoms with Crippen LogP contribution in [0.3, 0.4) is 0 Å². The normalized spacial score (nSPS) is 12.5. The molecule has 1 atom stereocenters. The summed E-state index contributed by atoms with van der Waals surface area (Å²) in [5, 5.41) is 0. The van der Waals surface area contributed by atoms with Gasteiger partial charge in [-0.2, -0.15) is 0 Å². The molecule has 0 rings (SSSR count). The lowest BCUT2D eigenvalue weighted by atomic mass is 10.0. The van der Waals surface area contributed by atoms with Crippen LogP contribution < -0.4 is 0 Å². The van der Waals surface area contributed by atoms with Crippen molar-refractivity contribution >= 4 is 17.9 Å². The van der Waals surface area contributed by atoms with Crippen LogP contribution in [0.25, 0.3) is 0 Å². The van der Waals surface area contributed by atoms with Gasteiger partial charge in [-0.05, 0) is 83.5 Å². The highest BCUT2D eigenvalue weighted by molar-refractivity contribution is 5.71. The first-order valence-electron chi connectivity index (χ1n) is 30.9. The van der Waals surface area contributed by atoms with E-state index in [9.17, 15) is 14.4 Å². The number of carbonyl (C=O) groups excluding carboxylic acids is 3. The van der Waals surface area contributed by atoms with Crippen LogP contribution in [0.15, 0.2) is 72.9 Å². The third-order valence-electron chi connectivity index (χ3n) is 13.4. The molecule has 416 valence electrons. The van der Waals surface area contributed by atoms with Crippen LogP contribution >= 0.6 is 0 Å². The average molecular weight is 1010 g/mol. The fraction of sp³-hybridized carbons (Fsp3) is 0.773. The largest absolute Gasteiger partial charge is 0.462 e. The van der Waals surface area contributed by atoms with E-state index in [0.29, 0.717) is 19.3 Å². The van der Waals surface area contributed by atoms with Crippen molar-refractivity contribution in [2.24, 2.45) is 0 Å². The van der Waals surface area contributed by atoms with Crippen LogP contribution in [0.1, 0.15) is 310 Å². The third-order valence-corrected chi connectivity index (χ3v) is 13.4. The summed E-state index contributed by atoms with van der Waals surface area (Å²) in [4.78, 5) is 38.2. The Balaban J connectivity index is 4.34. The van der Waals surface area contributed by atoms with E-state index in [1.807, 2.05) is 0 Å². The number of carbonyl (C=O) groups is 3. The van der Waals surface area contributed by atoms with E-state index in [0.717, 1.165) is 83.5 Å². The zero-order valence-corrected chi connectivity index (χ0v) is 47.7. The summed E-state index contributed by atoms with van der Waals surface area (Å²) in [5.74, 6) is -0.954. The van der Waals surface area contributed by atoms with Crippen LogP contribution in [0.2, 0.25) is 0 Å². The molecular weight excluding hydrogens is 889 g/mol.